The van der Waals surface area contributed by atoms with Gasteiger partial charge in [-0.05, 0) is 63.6 Å². The zero-order chi connectivity index (χ0) is 26.9. The fraction of sp³-hybridized carbons (Fsp3) is 0.346. The van der Waals surface area contributed by atoms with Crippen molar-refractivity contribution in [2.75, 3.05) is 25.2 Å². The van der Waals surface area contributed by atoms with E-state index in [1.807, 2.05) is 42.7 Å². The van der Waals surface area contributed by atoms with Gasteiger partial charge >= 0.3 is 5.97 Å². The Labute approximate surface area is 220 Å². The maximum Gasteiger partial charge on any atom is 0.331 e. The first kappa shape index (κ1) is 26.7. The number of aromatic nitrogens is 3. The van der Waals surface area contributed by atoms with E-state index in [-0.39, 0.29) is 28.5 Å². The predicted octanol–water partition coefficient (Wildman–Crippen LogP) is 4.06. The summed E-state index contributed by atoms with van der Waals surface area (Å²) in [5.41, 5.74) is 4.02. The summed E-state index contributed by atoms with van der Waals surface area (Å²) >= 11 is 6.43. The molecule has 2 aromatic heterocycles. The van der Waals surface area contributed by atoms with Crippen LogP contribution in [0.3, 0.4) is 0 Å². The summed E-state index contributed by atoms with van der Waals surface area (Å²) in [5, 5.41) is 4.61. The third-order valence-electron chi connectivity index (χ3n) is 6.42. The minimum Gasteiger partial charge on any atom is -0.497 e. The van der Waals surface area contributed by atoms with Crippen LogP contribution in [0, 0.1) is 20.8 Å². The van der Waals surface area contributed by atoms with Crippen molar-refractivity contribution in [3.05, 3.63) is 69.8 Å². The summed E-state index contributed by atoms with van der Waals surface area (Å²) in [6, 6.07) is 8.93. The van der Waals surface area contributed by atoms with Crippen LogP contribution in [0.25, 0.3) is 11.8 Å². The Morgan fingerprint density at radius 1 is 1.19 bits per heavy atom. The molecule has 1 saturated heterocycles. The molecule has 1 aliphatic rings. The second-order valence-electron chi connectivity index (χ2n) is 8.97. The zero-order valence-electron chi connectivity index (χ0n) is 21.0. The number of methoxy groups -OCH3 is 1. The normalized spacial score (nSPS) is 16.8. The maximum absolute atomic E-state index is 12.8. The summed E-state index contributed by atoms with van der Waals surface area (Å²) in [7, 11) is -1.50. The lowest BCUT2D eigenvalue weighted by Crippen LogP contribution is -2.13. The van der Waals surface area contributed by atoms with E-state index < -0.39 is 22.4 Å². The van der Waals surface area contributed by atoms with Crippen molar-refractivity contribution in [3.63, 3.8) is 0 Å². The van der Waals surface area contributed by atoms with Gasteiger partial charge < -0.3 is 14.0 Å². The Morgan fingerprint density at radius 2 is 1.89 bits per heavy atom. The molecule has 0 spiro atoms. The van der Waals surface area contributed by atoms with Gasteiger partial charge in [0.2, 0.25) is 5.78 Å². The highest BCUT2D eigenvalue weighted by atomic mass is 35.5. The second-order valence-corrected chi connectivity index (χ2v) is 11.6. The molecular weight excluding hydrogens is 518 g/mol. The molecule has 9 nitrogen and oxygen atoms in total. The van der Waals surface area contributed by atoms with Crippen LogP contribution in [-0.4, -0.2) is 59.7 Å². The molecule has 1 atom stereocenters. The molecule has 4 rings (SSSR count). The molecule has 0 aliphatic carbocycles. The second kappa shape index (κ2) is 10.5. The van der Waals surface area contributed by atoms with Gasteiger partial charge in [-0.3, -0.25) is 4.79 Å². The molecular formula is C26H28ClN3O6S. The number of halogens is 1. The standard InChI is InChI=1S/C26H28ClN3O6S/c1-16-13-23(18(3)29(16)19-5-7-21(35-4)8-6-19)24(31)14-36-25(32)10-9-22-17(2)28-30(26(22)27)20-11-12-37(33,34)15-20/h5-10,13,20H,11-12,14-15H2,1-4H3/b10-9+/t20-/m1/s1. The fourth-order valence-corrected chi connectivity index (χ4v) is 6.59. The number of hydrogen-bond acceptors (Lipinski definition) is 7. The van der Waals surface area contributed by atoms with Crippen LogP contribution in [0.2, 0.25) is 5.15 Å². The van der Waals surface area contributed by atoms with Gasteiger partial charge in [-0.2, -0.15) is 5.10 Å². The fourth-order valence-electron chi connectivity index (χ4n) is 4.52. The van der Waals surface area contributed by atoms with Crippen molar-refractivity contribution in [2.24, 2.45) is 0 Å². The van der Waals surface area contributed by atoms with Crippen LogP contribution in [0.1, 0.15) is 45.5 Å². The predicted molar refractivity (Wildman–Crippen MR) is 140 cm³/mol. The van der Waals surface area contributed by atoms with E-state index in [4.69, 9.17) is 21.1 Å². The first-order valence-corrected chi connectivity index (χ1v) is 13.9. The summed E-state index contributed by atoms with van der Waals surface area (Å²) in [6.45, 7) is 5.04. The summed E-state index contributed by atoms with van der Waals surface area (Å²) < 4.78 is 37.4. The third kappa shape index (κ3) is 5.65. The van der Waals surface area contributed by atoms with Crippen LogP contribution in [-0.2, 0) is 19.4 Å². The summed E-state index contributed by atoms with van der Waals surface area (Å²) in [4.78, 5) is 25.2. The molecule has 0 saturated carbocycles. The highest BCUT2D eigenvalue weighted by molar-refractivity contribution is 7.91. The third-order valence-corrected chi connectivity index (χ3v) is 8.55. The number of carbonyl (C=O) groups excluding carboxylic acids is 2. The molecule has 11 heteroatoms. The topological polar surface area (TPSA) is 109 Å². The van der Waals surface area contributed by atoms with Gasteiger partial charge in [0.1, 0.15) is 10.9 Å². The average Bonchev–Trinajstić information content (AvgIpc) is 3.47. The molecule has 0 bridgehead atoms. The molecule has 0 radical (unpaired) electrons. The molecule has 37 heavy (non-hydrogen) atoms. The number of nitrogens with zero attached hydrogens (tertiary/aromatic N) is 3. The minimum absolute atomic E-state index is 0.0137. The molecule has 3 heterocycles. The number of ketones is 1. The Kier molecular flexibility index (Phi) is 7.61. The number of carbonyl (C=O) groups is 2. The summed E-state index contributed by atoms with van der Waals surface area (Å²) in [6.07, 6.45) is 3.09. The first-order chi connectivity index (χ1) is 17.5. The van der Waals surface area contributed by atoms with Crippen molar-refractivity contribution in [1.29, 1.82) is 0 Å². The number of ether oxygens (including phenoxy) is 2. The van der Waals surface area contributed by atoms with Crippen LogP contribution in [0.15, 0.2) is 36.4 Å². The van der Waals surface area contributed by atoms with Crippen molar-refractivity contribution >= 4 is 39.3 Å². The van der Waals surface area contributed by atoms with Crippen molar-refractivity contribution in [1.82, 2.24) is 14.3 Å². The van der Waals surface area contributed by atoms with E-state index in [9.17, 15) is 18.0 Å². The number of sulfone groups is 1. The Morgan fingerprint density at radius 3 is 2.51 bits per heavy atom. The largest absolute Gasteiger partial charge is 0.497 e. The van der Waals surface area contributed by atoms with Crippen molar-refractivity contribution < 1.29 is 27.5 Å². The molecule has 1 aliphatic heterocycles. The van der Waals surface area contributed by atoms with Gasteiger partial charge in [-0.15, -0.1) is 0 Å². The van der Waals surface area contributed by atoms with E-state index >= 15 is 0 Å². The van der Waals surface area contributed by atoms with Gasteiger partial charge in [0, 0.05) is 34.3 Å². The molecule has 0 unspecified atom stereocenters. The molecule has 0 amide bonds. The van der Waals surface area contributed by atoms with Crippen LogP contribution >= 0.6 is 11.6 Å². The highest BCUT2D eigenvalue weighted by Crippen LogP contribution is 2.30. The Bertz CT molecular complexity index is 1490. The van der Waals surface area contributed by atoms with Gasteiger partial charge in [0.25, 0.3) is 0 Å². The average molecular weight is 546 g/mol. The molecule has 1 aromatic carbocycles. The maximum atomic E-state index is 12.8. The Hall–Kier alpha value is -3.37. The van der Waals surface area contributed by atoms with Gasteiger partial charge in [-0.25, -0.2) is 17.9 Å². The Balaban J connectivity index is 1.41. The van der Waals surface area contributed by atoms with E-state index in [1.165, 1.54) is 16.8 Å². The number of Topliss-reactive ketones (excluding diaryl/α,β-unsaturated/α-hetero) is 1. The van der Waals surface area contributed by atoms with Crippen LogP contribution in [0.5, 0.6) is 5.75 Å². The SMILES string of the molecule is COc1ccc(-n2c(C)cc(C(=O)COC(=O)/C=C/c3c(C)nn([C@@H]4CCS(=O)(=O)C4)c3Cl)c2C)cc1. The first-order valence-electron chi connectivity index (χ1n) is 11.7. The zero-order valence-corrected chi connectivity index (χ0v) is 22.6. The number of benzene rings is 1. The summed E-state index contributed by atoms with van der Waals surface area (Å²) in [5.74, 6) is -0.206. The minimum atomic E-state index is -3.10. The van der Waals surface area contributed by atoms with Crippen LogP contribution < -0.4 is 4.74 Å². The van der Waals surface area contributed by atoms with E-state index in [0.29, 0.717) is 23.2 Å². The number of esters is 1. The molecule has 0 N–H and O–H groups in total. The van der Waals surface area contributed by atoms with Crippen molar-refractivity contribution in [3.8, 4) is 11.4 Å². The van der Waals surface area contributed by atoms with Crippen LogP contribution in [0.4, 0.5) is 0 Å². The van der Waals surface area contributed by atoms with Gasteiger partial charge in [0.05, 0.1) is 30.4 Å². The van der Waals surface area contributed by atoms with E-state index in [1.54, 1.807) is 20.1 Å². The molecule has 3 aromatic rings. The monoisotopic (exact) mass is 545 g/mol. The lowest BCUT2D eigenvalue weighted by atomic mass is 10.1. The number of hydrogen-bond donors (Lipinski definition) is 0. The van der Waals surface area contributed by atoms with E-state index in [0.717, 1.165) is 22.8 Å². The quantitative estimate of drug-likeness (QED) is 0.238. The van der Waals surface area contributed by atoms with Crippen molar-refractivity contribution in [2.45, 2.75) is 33.2 Å². The highest BCUT2D eigenvalue weighted by Gasteiger charge is 2.31. The number of aryl methyl sites for hydroxylation is 2. The van der Waals surface area contributed by atoms with E-state index in [2.05, 4.69) is 5.10 Å². The lowest BCUT2D eigenvalue weighted by Gasteiger charge is -2.10. The van der Waals surface area contributed by atoms with Gasteiger partial charge in [0.15, 0.2) is 16.4 Å². The number of rotatable bonds is 8. The van der Waals surface area contributed by atoms with Gasteiger partial charge in [-0.1, -0.05) is 11.6 Å². The molecule has 196 valence electrons. The lowest BCUT2D eigenvalue weighted by molar-refractivity contribution is -0.136. The molecule has 1 fully saturated rings. The smallest absolute Gasteiger partial charge is 0.331 e.